The molecule has 1 aliphatic heterocycles. The Balaban J connectivity index is 1.76. The zero-order valence-corrected chi connectivity index (χ0v) is 13.5. The number of amides is 2. The monoisotopic (exact) mass is 349 g/mol. The number of rotatable bonds is 3. The topological polar surface area (TPSA) is 104 Å². The summed E-state index contributed by atoms with van der Waals surface area (Å²) in [7, 11) is 0. The van der Waals surface area contributed by atoms with Crippen LogP contribution in [0.25, 0.3) is 0 Å². The molecule has 24 heavy (non-hydrogen) atoms. The van der Waals surface area contributed by atoms with Crippen molar-refractivity contribution in [2.24, 2.45) is 0 Å². The summed E-state index contributed by atoms with van der Waals surface area (Å²) in [4.78, 5) is 24.6. The van der Waals surface area contributed by atoms with Gasteiger partial charge in [-0.05, 0) is 31.4 Å². The number of benzene rings is 1. The molecule has 1 aliphatic rings. The normalized spacial score (nSPS) is 17.5. The van der Waals surface area contributed by atoms with Crippen LogP contribution in [0.2, 0.25) is 5.02 Å². The van der Waals surface area contributed by atoms with Gasteiger partial charge in [-0.25, -0.2) is 4.79 Å². The second-order valence-corrected chi connectivity index (χ2v) is 6.00. The number of aromatic amines is 1. The highest BCUT2D eigenvalue weighted by Gasteiger charge is 2.28. The van der Waals surface area contributed by atoms with Gasteiger partial charge in [0.05, 0.1) is 17.2 Å². The molecule has 2 aromatic rings. The van der Waals surface area contributed by atoms with Crippen LogP contribution in [-0.2, 0) is 0 Å². The third kappa shape index (κ3) is 3.33. The van der Waals surface area contributed by atoms with Gasteiger partial charge in [-0.2, -0.15) is 5.10 Å². The maximum atomic E-state index is 12.6. The van der Waals surface area contributed by atoms with Gasteiger partial charge in [-0.15, -0.1) is 0 Å². The van der Waals surface area contributed by atoms with E-state index in [1.807, 2.05) is 0 Å². The summed E-state index contributed by atoms with van der Waals surface area (Å²) in [6, 6.07) is 3.84. The second kappa shape index (κ2) is 6.88. The molecule has 3 rings (SSSR count). The molecule has 0 bridgehead atoms. The third-order valence-electron chi connectivity index (χ3n) is 4.06. The molecule has 1 unspecified atom stereocenters. The molecule has 1 fully saturated rings. The number of likely N-dealkylation sites (tertiary alicyclic amines) is 1. The van der Waals surface area contributed by atoms with E-state index in [0.29, 0.717) is 12.2 Å². The Morgan fingerprint density at radius 1 is 1.46 bits per heavy atom. The van der Waals surface area contributed by atoms with Gasteiger partial charge < -0.3 is 10.2 Å². The summed E-state index contributed by atoms with van der Waals surface area (Å²) in [5.41, 5.74) is 1.20. The smallest absolute Gasteiger partial charge is 0.317 e. The number of urea groups is 1. The lowest BCUT2D eigenvalue weighted by atomic mass is 9.98. The predicted octanol–water partition coefficient (Wildman–Crippen LogP) is 3.73. The number of carbonyl (C=O) groups excluding carboxylic acids is 1. The average molecular weight is 350 g/mol. The number of piperidine rings is 1. The molecule has 0 aliphatic carbocycles. The molecule has 126 valence electrons. The number of nitrogens with zero attached hydrogens (tertiary/aromatic N) is 3. The van der Waals surface area contributed by atoms with Crippen molar-refractivity contribution in [2.45, 2.75) is 25.3 Å². The molecule has 1 saturated heterocycles. The number of nitro benzene ring substituents is 1. The van der Waals surface area contributed by atoms with E-state index in [4.69, 9.17) is 11.6 Å². The number of hydrogen-bond donors (Lipinski definition) is 2. The van der Waals surface area contributed by atoms with Crippen LogP contribution in [0.4, 0.5) is 16.2 Å². The van der Waals surface area contributed by atoms with Gasteiger partial charge in [0.2, 0.25) is 0 Å². The Kier molecular flexibility index (Phi) is 4.66. The summed E-state index contributed by atoms with van der Waals surface area (Å²) in [6.45, 7) is 0.641. The second-order valence-electron chi connectivity index (χ2n) is 5.59. The van der Waals surface area contributed by atoms with E-state index in [-0.39, 0.29) is 22.8 Å². The van der Waals surface area contributed by atoms with Crippen LogP contribution in [-0.4, -0.2) is 32.6 Å². The number of aromatic nitrogens is 2. The first kappa shape index (κ1) is 16.3. The van der Waals surface area contributed by atoms with E-state index in [9.17, 15) is 14.9 Å². The average Bonchev–Trinajstić information content (AvgIpc) is 3.09. The molecule has 1 aromatic heterocycles. The molecule has 9 heteroatoms. The van der Waals surface area contributed by atoms with E-state index in [0.717, 1.165) is 24.8 Å². The highest BCUT2D eigenvalue weighted by atomic mass is 35.5. The lowest BCUT2D eigenvalue weighted by Crippen LogP contribution is -2.41. The maximum absolute atomic E-state index is 12.6. The van der Waals surface area contributed by atoms with Gasteiger partial charge in [0.1, 0.15) is 5.02 Å². The Hall–Kier alpha value is -2.61. The number of nitrogens with one attached hydrogen (secondary N) is 2. The quantitative estimate of drug-likeness (QED) is 0.650. The van der Waals surface area contributed by atoms with Gasteiger partial charge in [0.15, 0.2) is 0 Å². The van der Waals surface area contributed by atoms with E-state index in [1.54, 1.807) is 17.3 Å². The van der Waals surface area contributed by atoms with Crippen molar-refractivity contribution < 1.29 is 9.72 Å². The first-order chi connectivity index (χ1) is 11.6. The Morgan fingerprint density at radius 2 is 2.29 bits per heavy atom. The molecule has 2 N–H and O–H groups in total. The molecule has 0 saturated carbocycles. The molecular formula is C15H16ClN5O3. The van der Waals surface area contributed by atoms with Crippen LogP contribution in [0.1, 0.15) is 30.9 Å². The van der Waals surface area contributed by atoms with Gasteiger partial charge in [-0.3, -0.25) is 15.2 Å². The van der Waals surface area contributed by atoms with Gasteiger partial charge in [0.25, 0.3) is 5.69 Å². The van der Waals surface area contributed by atoms with E-state index >= 15 is 0 Å². The minimum Gasteiger partial charge on any atom is -0.317 e. The molecule has 2 heterocycles. The third-order valence-corrected chi connectivity index (χ3v) is 4.37. The van der Waals surface area contributed by atoms with Crippen molar-refractivity contribution in [1.29, 1.82) is 0 Å². The minimum atomic E-state index is -0.562. The fourth-order valence-corrected chi connectivity index (χ4v) is 3.14. The first-order valence-electron chi connectivity index (χ1n) is 7.56. The zero-order valence-electron chi connectivity index (χ0n) is 12.7. The summed E-state index contributed by atoms with van der Waals surface area (Å²) < 4.78 is 0. The van der Waals surface area contributed by atoms with Crippen molar-refractivity contribution in [2.75, 3.05) is 11.9 Å². The number of halogens is 1. The lowest BCUT2D eigenvalue weighted by molar-refractivity contribution is -0.384. The Bertz CT molecular complexity index is 750. The Morgan fingerprint density at radius 3 is 2.96 bits per heavy atom. The molecule has 8 nitrogen and oxygen atoms in total. The van der Waals surface area contributed by atoms with Gasteiger partial charge in [-0.1, -0.05) is 11.6 Å². The van der Waals surface area contributed by atoms with Crippen LogP contribution in [0.3, 0.4) is 0 Å². The van der Waals surface area contributed by atoms with Crippen molar-refractivity contribution in [3.8, 4) is 0 Å². The van der Waals surface area contributed by atoms with Crippen molar-refractivity contribution in [3.05, 3.63) is 51.3 Å². The van der Waals surface area contributed by atoms with E-state index in [2.05, 4.69) is 15.5 Å². The predicted molar refractivity (Wildman–Crippen MR) is 89.0 cm³/mol. The molecule has 1 atom stereocenters. The van der Waals surface area contributed by atoms with Crippen LogP contribution in [0, 0.1) is 10.1 Å². The molecule has 0 radical (unpaired) electrons. The van der Waals surface area contributed by atoms with Crippen molar-refractivity contribution >= 4 is 29.0 Å². The maximum Gasteiger partial charge on any atom is 0.322 e. The lowest BCUT2D eigenvalue weighted by Gasteiger charge is -2.35. The molecule has 1 aromatic carbocycles. The highest BCUT2D eigenvalue weighted by Crippen LogP contribution is 2.32. The van der Waals surface area contributed by atoms with E-state index < -0.39 is 4.92 Å². The molecule has 0 spiro atoms. The Labute approximate surface area is 142 Å². The zero-order chi connectivity index (χ0) is 17.1. The summed E-state index contributed by atoms with van der Waals surface area (Å²) in [6.07, 6.45) is 6.36. The number of hydrogen-bond acceptors (Lipinski definition) is 4. The van der Waals surface area contributed by atoms with Crippen molar-refractivity contribution in [1.82, 2.24) is 15.1 Å². The van der Waals surface area contributed by atoms with Crippen LogP contribution < -0.4 is 5.32 Å². The van der Waals surface area contributed by atoms with Crippen LogP contribution in [0.5, 0.6) is 0 Å². The molecular weight excluding hydrogens is 334 g/mol. The first-order valence-corrected chi connectivity index (χ1v) is 7.94. The van der Waals surface area contributed by atoms with Crippen molar-refractivity contribution in [3.63, 3.8) is 0 Å². The fourth-order valence-electron chi connectivity index (χ4n) is 2.89. The number of nitro groups is 1. The summed E-state index contributed by atoms with van der Waals surface area (Å²) in [5.74, 6) is 0. The van der Waals surface area contributed by atoms with Gasteiger partial charge >= 0.3 is 6.03 Å². The number of anilines is 1. The number of H-pyrrole nitrogens is 1. The standard InChI is InChI=1S/C15H16ClN5O3/c16-12-7-11(4-5-14(12)21(23)24)19-15(22)20-6-2-1-3-13(20)10-8-17-18-9-10/h4-5,7-9,13H,1-3,6H2,(H,17,18)(H,19,22). The SMILES string of the molecule is O=C(Nc1ccc([N+](=O)[O-])c(Cl)c1)N1CCCCC1c1cn[nH]c1. The van der Waals surface area contributed by atoms with E-state index in [1.165, 1.54) is 18.2 Å². The van der Waals surface area contributed by atoms with Crippen LogP contribution in [0.15, 0.2) is 30.6 Å². The minimum absolute atomic E-state index is 0.0113. The number of carbonyl (C=O) groups is 1. The highest BCUT2D eigenvalue weighted by molar-refractivity contribution is 6.33. The summed E-state index contributed by atoms with van der Waals surface area (Å²) in [5, 5.41) is 20.3. The largest absolute Gasteiger partial charge is 0.322 e. The molecule has 2 amide bonds. The van der Waals surface area contributed by atoms with Gasteiger partial charge in [0, 0.05) is 30.1 Å². The van der Waals surface area contributed by atoms with Crippen LogP contribution >= 0.6 is 11.6 Å². The fraction of sp³-hybridized carbons (Fsp3) is 0.333. The summed E-state index contributed by atoms with van der Waals surface area (Å²) >= 11 is 5.88.